The third-order valence-corrected chi connectivity index (χ3v) is 5.73. The number of hydrogen-bond donors (Lipinski definition) is 2. The van der Waals surface area contributed by atoms with Crippen LogP contribution in [0.15, 0.2) is 48.5 Å². The molecule has 0 spiro atoms. The van der Waals surface area contributed by atoms with Crippen LogP contribution in [-0.2, 0) is 19.1 Å². The van der Waals surface area contributed by atoms with E-state index in [1.54, 1.807) is 0 Å². The first-order valence-corrected chi connectivity index (χ1v) is 11.4. The van der Waals surface area contributed by atoms with Crippen molar-refractivity contribution in [3.05, 3.63) is 54.1 Å². The van der Waals surface area contributed by atoms with E-state index in [0.717, 1.165) is 50.5 Å². The van der Waals surface area contributed by atoms with Crippen molar-refractivity contribution in [3.8, 4) is 11.5 Å². The Hall–Kier alpha value is -3.59. The number of rotatable bonds is 6. The van der Waals surface area contributed by atoms with Crippen LogP contribution in [0.5, 0.6) is 11.5 Å². The summed E-state index contributed by atoms with van der Waals surface area (Å²) in [6.45, 7) is 6.28. The van der Waals surface area contributed by atoms with Gasteiger partial charge >= 0.3 is 17.9 Å². The highest BCUT2D eigenvalue weighted by Crippen LogP contribution is 2.45. The maximum absolute atomic E-state index is 11.5. The number of carbonyl (C=O) groups is 3. The van der Waals surface area contributed by atoms with Crippen LogP contribution in [0.4, 0.5) is 5.69 Å². The van der Waals surface area contributed by atoms with E-state index in [-0.39, 0.29) is 12.0 Å². The van der Waals surface area contributed by atoms with Crippen molar-refractivity contribution in [2.24, 2.45) is 0 Å². The van der Waals surface area contributed by atoms with E-state index in [2.05, 4.69) is 46.2 Å². The van der Waals surface area contributed by atoms with Gasteiger partial charge in [0.15, 0.2) is 5.75 Å². The van der Waals surface area contributed by atoms with Crippen LogP contribution >= 0.6 is 0 Å². The van der Waals surface area contributed by atoms with Gasteiger partial charge in [-0.15, -0.1) is 0 Å². The molecule has 1 atom stereocenters. The first kappa shape index (κ1) is 25.0. The molecule has 0 amide bonds. The Labute approximate surface area is 198 Å². The molecule has 182 valence electrons. The van der Waals surface area contributed by atoms with Gasteiger partial charge in [0, 0.05) is 31.6 Å². The normalized spacial score (nSPS) is 16.4. The number of benzene rings is 2. The van der Waals surface area contributed by atoms with Crippen LogP contribution in [-0.4, -0.2) is 65.8 Å². The molecule has 9 heteroatoms. The van der Waals surface area contributed by atoms with Crippen molar-refractivity contribution in [3.63, 3.8) is 0 Å². The fraction of sp³-hybridized carbons (Fsp3) is 0.400. The minimum absolute atomic E-state index is 0.0845. The average Bonchev–Trinajstić information content (AvgIpc) is 2.97. The number of hydrogen-bond acceptors (Lipinski definition) is 7. The number of aliphatic carboxylic acids is 2. The lowest BCUT2D eigenvalue weighted by atomic mass is 10.0. The molecule has 4 rings (SSSR count). The zero-order valence-electron chi connectivity index (χ0n) is 19.2. The summed E-state index contributed by atoms with van der Waals surface area (Å²) in [5.41, 5.74) is 2.42. The minimum atomic E-state index is -1.82. The number of piperazine rings is 1. The molecular formula is C25H30N2O7. The number of esters is 1. The molecule has 0 radical (unpaired) electrons. The monoisotopic (exact) mass is 470 g/mol. The first-order chi connectivity index (χ1) is 16.4. The van der Waals surface area contributed by atoms with Crippen molar-refractivity contribution >= 4 is 23.6 Å². The second-order valence-corrected chi connectivity index (χ2v) is 7.99. The standard InChI is InChI=1S/C23H28N2O3.C2H2O4/c1-2-27-23(26)13-7-8-14-24-15-16-25-19-10-4-6-12-22(19)28-21-11-5-3-9-18(21)20(25)17-24;3-1(4)2(5)6/h3-6,9-12,20H,2,7-8,13-17H2,1H3;(H,3,4)(H,5,6). The molecule has 2 aromatic rings. The van der Waals surface area contributed by atoms with Gasteiger partial charge in [0.25, 0.3) is 0 Å². The number of unbranched alkanes of at least 4 members (excludes halogenated alkanes) is 1. The van der Waals surface area contributed by atoms with E-state index in [1.807, 2.05) is 19.1 Å². The Balaban J connectivity index is 0.000000481. The molecule has 2 aliphatic rings. The van der Waals surface area contributed by atoms with Gasteiger partial charge in [-0.1, -0.05) is 30.3 Å². The highest BCUT2D eigenvalue weighted by Gasteiger charge is 2.34. The van der Waals surface area contributed by atoms with Crippen molar-refractivity contribution in [1.29, 1.82) is 0 Å². The summed E-state index contributed by atoms with van der Waals surface area (Å²) in [5.74, 6) is -1.85. The molecule has 34 heavy (non-hydrogen) atoms. The number of fused-ring (bicyclic) bond motifs is 5. The van der Waals surface area contributed by atoms with Crippen LogP contribution in [0, 0.1) is 0 Å². The molecule has 0 bridgehead atoms. The van der Waals surface area contributed by atoms with Crippen molar-refractivity contribution < 1.29 is 34.1 Å². The number of para-hydroxylation sites is 3. The molecule has 2 N–H and O–H groups in total. The highest BCUT2D eigenvalue weighted by atomic mass is 16.5. The Kier molecular flexibility index (Phi) is 8.86. The summed E-state index contributed by atoms with van der Waals surface area (Å²) in [4.78, 5) is 34.7. The van der Waals surface area contributed by atoms with Crippen LogP contribution < -0.4 is 9.64 Å². The van der Waals surface area contributed by atoms with E-state index < -0.39 is 11.9 Å². The molecule has 1 unspecified atom stereocenters. The summed E-state index contributed by atoms with van der Waals surface area (Å²) < 4.78 is 11.3. The van der Waals surface area contributed by atoms with E-state index in [0.29, 0.717) is 13.0 Å². The third-order valence-electron chi connectivity index (χ3n) is 5.73. The van der Waals surface area contributed by atoms with Crippen molar-refractivity contribution in [1.82, 2.24) is 4.90 Å². The summed E-state index contributed by atoms with van der Waals surface area (Å²) >= 11 is 0. The van der Waals surface area contributed by atoms with Crippen LogP contribution in [0.1, 0.15) is 37.8 Å². The lowest BCUT2D eigenvalue weighted by Gasteiger charge is -2.42. The summed E-state index contributed by atoms with van der Waals surface area (Å²) in [5, 5.41) is 14.8. The van der Waals surface area contributed by atoms with Gasteiger partial charge in [-0.25, -0.2) is 9.59 Å². The van der Waals surface area contributed by atoms with Crippen molar-refractivity contribution in [2.45, 2.75) is 32.2 Å². The van der Waals surface area contributed by atoms with Gasteiger partial charge in [0.2, 0.25) is 0 Å². The van der Waals surface area contributed by atoms with E-state index >= 15 is 0 Å². The Morgan fingerprint density at radius 3 is 2.35 bits per heavy atom. The van der Waals surface area contributed by atoms with E-state index in [4.69, 9.17) is 29.3 Å². The molecule has 1 saturated heterocycles. The number of anilines is 1. The largest absolute Gasteiger partial charge is 0.473 e. The Morgan fingerprint density at radius 1 is 0.971 bits per heavy atom. The number of nitrogens with zero attached hydrogens (tertiary/aromatic N) is 2. The lowest BCUT2D eigenvalue weighted by molar-refractivity contribution is -0.159. The van der Waals surface area contributed by atoms with Gasteiger partial charge in [-0.05, 0) is 44.5 Å². The first-order valence-electron chi connectivity index (χ1n) is 11.4. The van der Waals surface area contributed by atoms with Gasteiger partial charge in [0.1, 0.15) is 5.75 Å². The van der Waals surface area contributed by atoms with E-state index in [1.165, 1.54) is 11.3 Å². The molecule has 1 fully saturated rings. The fourth-order valence-corrected chi connectivity index (χ4v) is 4.18. The van der Waals surface area contributed by atoms with Gasteiger partial charge in [0.05, 0.1) is 18.3 Å². The number of carboxylic acids is 2. The highest BCUT2D eigenvalue weighted by molar-refractivity contribution is 6.27. The third kappa shape index (κ3) is 6.48. The van der Waals surface area contributed by atoms with Crippen LogP contribution in [0.3, 0.4) is 0 Å². The minimum Gasteiger partial charge on any atom is -0.473 e. The van der Waals surface area contributed by atoms with Crippen LogP contribution in [0.25, 0.3) is 0 Å². The van der Waals surface area contributed by atoms with Crippen LogP contribution in [0.2, 0.25) is 0 Å². The van der Waals surface area contributed by atoms with Gasteiger partial charge in [-0.3, -0.25) is 9.69 Å². The molecule has 0 saturated carbocycles. The molecular weight excluding hydrogens is 440 g/mol. The van der Waals surface area contributed by atoms with Gasteiger partial charge < -0.3 is 24.6 Å². The summed E-state index contributed by atoms with van der Waals surface area (Å²) in [6, 6.07) is 17.0. The second kappa shape index (κ2) is 12.0. The quantitative estimate of drug-likeness (QED) is 0.371. The average molecular weight is 471 g/mol. The predicted molar refractivity (Wildman–Crippen MR) is 125 cm³/mol. The molecule has 2 aliphatic heterocycles. The number of ether oxygens (including phenoxy) is 2. The smallest absolute Gasteiger partial charge is 0.414 e. The Bertz CT molecular complexity index is 998. The zero-order chi connectivity index (χ0) is 24.5. The maximum atomic E-state index is 11.5. The summed E-state index contributed by atoms with van der Waals surface area (Å²) in [6.07, 6.45) is 2.41. The number of carbonyl (C=O) groups excluding carboxylic acids is 1. The Morgan fingerprint density at radius 2 is 1.65 bits per heavy atom. The zero-order valence-corrected chi connectivity index (χ0v) is 19.2. The maximum Gasteiger partial charge on any atom is 0.414 e. The lowest BCUT2D eigenvalue weighted by Crippen LogP contribution is -2.48. The second-order valence-electron chi connectivity index (χ2n) is 7.99. The molecule has 9 nitrogen and oxygen atoms in total. The van der Waals surface area contributed by atoms with E-state index in [9.17, 15) is 4.79 Å². The van der Waals surface area contributed by atoms with Crippen molar-refractivity contribution in [2.75, 3.05) is 37.7 Å². The molecule has 0 aliphatic carbocycles. The molecule has 2 aromatic carbocycles. The molecule has 2 heterocycles. The topological polar surface area (TPSA) is 117 Å². The fourth-order valence-electron chi connectivity index (χ4n) is 4.18. The predicted octanol–water partition coefficient (Wildman–Crippen LogP) is 3.54. The summed E-state index contributed by atoms with van der Waals surface area (Å²) in [7, 11) is 0. The van der Waals surface area contributed by atoms with Gasteiger partial charge in [-0.2, -0.15) is 0 Å². The SMILES string of the molecule is CCOC(=O)CCCCN1CCN2c3ccccc3Oc3ccccc3C2C1.O=C(O)C(=O)O. The molecule has 0 aromatic heterocycles. The number of carboxylic acid groups (broad SMARTS) is 2.